The molecular weight excluding hydrogens is 593 g/mol. The normalized spacial score (nSPS) is 16.7. The van der Waals surface area contributed by atoms with Crippen molar-refractivity contribution < 1.29 is 0 Å². The summed E-state index contributed by atoms with van der Waals surface area (Å²) >= 11 is 1.61. The molecule has 9 rings (SSSR count). The zero-order valence-corrected chi connectivity index (χ0v) is 27.1. The molecule has 0 amide bonds. The maximum absolute atomic E-state index is 5.01. The van der Waals surface area contributed by atoms with E-state index in [0.717, 1.165) is 22.4 Å². The van der Waals surface area contributed by atoms with Crippen molar-refractivity contribution in [3.8, 4) is 33.9 Å². The van der Waals surface area contributed by atoms with Crippen LogP contribution in [0.1, 0.15) is 37.0 Å². The molecule has 47 heavy (non-hydrogen) atoms. The number of fused-ring (bicyclic) bond motifs is 6. The first kappa shape index (κ1) is 28.0. The van der Waals surface area contributed by atoms with Crippen molar-refractivity contribution in [2.24, 2.45) is 0 Å². The minimum atomic E-state index is -0.0756. The van der Waals surface area contributed by atoms with Gasteiger partial charge in [0.25, 0.3) is 0 Å². The van der Waals surface area contributed by atoms with Gasteiger partial charge in [0.2, 0.25) is 0 Å². The third kappa shape index (κ3) is 4.56. The van der Waals surface area contributed by atoms with Gasteiger partial charge in [-0.3, -0.25) is 0 Å². The van der Waals surface area contributed by atoms with Crippen molar-refractivity contribution in [1.29, 1.82) is 0 Å². The molecule has 0 saturated carbocycles. The predicted molar refractivity (Wildman–Crippen MR) is 193 cm³/mol. The smallest absolute Gasteiger partial charge is 0.196 e. The molecule has 0 spiro atoms. The summed E-state index contributed by atoms with van der Waals surface area (Å²) in [7, 11) is 0. The van der Waals surface area contributed by atoms with Crippen molar-refractivity contribution in [3.63, 3.8) is 0 Å². The maximum atomic E-state index is 5.01. The van der Waals surface area contributed by atoms with Crippen LogP contribution in [0.25, 0.3) is 39.5 Å². The fourth-order valence-corrected chi connectivity index (χ4v) is 8.32. The van der Waals surface area contributed by atoms with Gasteiger partial charge < -0.3 is 4.90 Å². The molecule has 1 aliphatic heterocycles. The van der Waals surface area contributed by atoms with Crippen LogP contribution in [-0.2, 0) is 5.41 Å². The number of hydrogen-bond donors (Lipinski definition) is 0. The van der Waals surface area contributed by atoms with Crippen molar-refractivity contribution in [1.82, 2.24) is 15.0 Å². The van der Waals surface area contributed by atoms with E-state index in [1.807, 2.05) is 36.4 Å². The van der Waals surface area contributed by atoms with Crippen molar-refractivity contribution in [3.05, 3.63) is 156 Å². The lowest BCUT2D eigenvalue weighted by Gasteiger charge is -2.31. The van der Waals surface area contributed by atoms with Gasteiger partial charge in [0.15, 0.2) is 16.8 Å². The van der Waals surface area contributed by atoms with Gasteiger partial charge >= 0.3 is 0 Å². The van der Waals surface area contributed by atoms with E-state index < -0.39 is 0 Å². The van der Waals surface area contributed by atoms with Gasteiger partial charge in [-0.05, 0) is 70.3 Å². The maximum Gasteiger partial charge on any atom is 0.196 e. The van der Waals surface area contributed by atoms with E-state index in [1.165, 1.54) is 44.8 Å². The van der Waals surface area contributed by atoms with Crippen LogP contribution in [0.5, 0.6) is 0 Å². The highest BCUT2D eigenvalue weighted by atomic mass is 32.2. The van der Waals surface area contributed by atoms with Crippen LogP contribution in [0.15, 0.2) is 150 Å². The summed E-state index contributed by atoms with van der Waals surface area (Å²) in [6.07, 6.45) is 7.77. The van der Waals surface area contributed by atoms with Crippen LogP contribution in [0.4, 0.5) is 11.4 Å². The van der Waals surface area contributed by atoms with E-state index in [9.17, 15) is 0 Å². The van der Waals surface area contributed by atoms with Gasteiger partial charge in [-0.2, -0.15) is 0 Å². The minimum Gasteiger partial charge on any atom is -0.332 e. The lowest BCUT2D eigenvalue weighted by Crippen LogP contribution is -2.27. The molecular formula is C42H32N4S. The number of para-hydroxylation sites is 1. The summed E-state index contributed by atoms with van der Waals surface area (Å²) in [5.74, 6) is 1.34. The number of rotatable bonds is 5. The molecule has 0 bridgehead atoms. The van der Waals surface area contributed by atoms with E-state index in [2.05, 4.69) is 122 Å². The highest BCUT2D eigenvalue weighted by molar-refractivity contribution is 7.99. The van der Waals surface area contributed by atoms with E-state index in [1.54, 1.807) is 11.8 Å². The fraction of sp³-hybridized carbons (Fsp3) is 0.119. The molecule has 2 aliphatic carbocycles. The van der Waals surface area contributed by atoms with Crippen LogP contribution < -0.4 is 4.90 Å². The summed E-state index contributed by atoms with van der Waals surface area (Å²) in [5, 5.41) is 0.675. The molecule has 6 aromatic rings. The zero-order valence-electron chi connectivity index (χ0n) is 26.3. The van der Waals surface area contributed by atoms with Crippen LogP contribution in [-0.4, -0.2) is 21.0 Å². The monoisotopic (exact) mass is 624 g/mol. The topological polar surface area (TPSA) is 41.9 Å². The van der Waals surface area contributed by atoms with E-state index in [0.29, 0.717) is 16.8 Å². The SMILES string of the molecule is CC1(C)c2ccccc2-c2cc3c(cc21)N(c1ccccc1Sc1nc(-c2ccccc2)nc(-c2ccccc2)n1)C1CC=CC=C31. The second-order valence-electron chi connectivity index (χ2n) is 12.8. The number of hydrogen-bond acceptors (Lipinski definition) is 5. The average Bonchev–Trinajstić information content (AvgIpc) is 3.56. The van der Waals surface area contributed by atoms with E-state index >= 15 is 0 Å². The Hall–Kier alpha value is -5.26. The highest BCUT2D eigenvalue weighted by Crippen LogP contribution is 2.56. The Labute approximate surface area is 279 Å². The lowest BCUT2D eigenvalue weighted by atomic mass is 9.82. The van der Waals surface area contributed by atoms with Gasteiger partial charge in [-0.25, -0.2) is 15.0 Å². The molecule has 1 atom stereocenters. The average molecular weight is 625 g/mol. The van der Waals surface area contributed by atoms with E-state index in [4.69, 9.17) is 15.0 Å². The second kappa shape index (κ2) is 10.9. The molecule has 1 unspecified atom stereocenters. The number of aromatic nitrogens is 3. The Morgan fingerprint density at radius 2 is 1.30 bits per heavy atom. The highest BCUT2D eigenvalue weighted by Gasteiger charge is 2.41. The summed E-state index contributed by atoms with van der Waals surface area (Å²) in [6, 6.07) is 43.1. The lowest BCUT2D eigenvalue weighted by molar-refractivity contribution is 0.660. The van der Waals surface area contributed by atoms with Gasteiger partial charge in [-0.15, -0.1) is 0 Å². The summed E-state index contributed by atoms with van der Waals surface area (Å²) in [5.41, 5.74) is 12.5. The standard InChI is InChI=1S/C42H32N4S/c1-42(2)33-21-11-9-19-29(33)31-25-32-30-20-10-12-22-35(30)46(37(32)26-34(31)42)36-23-13-14-24-38(36)47-41-44-39(27-15-5-3-6-16-27)43-40(45-41)28-17-7-4-8-18-28/h3-21,23-26,35H,22H2,1-2H3. The zero-order chi connectivity index (χ0) is 31.5. The van der Waals surface area contributed by atoms with Crippen LogP contribution in [0.3, 0.4) is 0 Å². The molecule has 2 heterocycles. The van der Waals surface area contributed by atoms with Crippen molar-refractivity contribution in [2.75, 3.05) is 4.90 Å². The molecule has 4 nitrogen and oxygen atoms in total. The molecule has 5 heteroatoms. The molecule has 0 saturated heterocycles. The largest absolute Gasteiger partial charge is 0.332 e. The van der Waals surface area contributed by atoms with Crippen LogP contribution in [0, 0.1) is 0 Å². The third-order valence-corrected chi connectivity index (χ3v) is 10.6. The van der Waals surface area contributed by atoms with Crippen LogP contribution in [0.2, 0.25) is 0 Å². The van der Waals surface area contributed by atoms with Gasteiger partial charge in [-0.1, -0.05) is 129 Å². The van der Waals surface area contributed by atoms with Gasteiger partial charge in [0.05, 0.1) is 11.7 Å². The molecule has 226 valence electrons. The molecule has 5 aromatic carbocycles. The summed E-state index contributed by atoms with van der Waals surface area (Å²) in [6.45, 7) is 4.72. The van der Waals surface area contributed by atoms with Crippen molar-refractivity contribution in [2.45, 2.75) is 41.8 Å². The molecule has 0 radical (unpaired) electrons. The molecule has 1 aromatic heterocycles. The first-order chi connectivity index (χ1) is 23.1. The predicted octanol–water partition coefficient (Wildman–Crippen LogP) is 10.5. The van der Waals surface area contributed by atoms with E-state index in [-0.39, 0.29) is 11.5 Å². The van der Waals surface area contributed by atoms with Crippen molar-refractivity contribution >= 4 is 28.7 Å². The first-order valence-corrected chi connectivity index (χ1v) is 17.0. The number of benzene rings is 5. The Morgan fingerprint density at radius 3 is 2.04 bits per heavy atom. The molecule has 3 aliphatic rings. The fourth-order valence-electron chi connectivity index (χ4n) is 7.44. The third-order valence-electron chi connectivity index (χ3n) is 9.72. The summed E-state index contributed by atoms with van der Waals surface area (Å²) < 4.78 is 0. The number of nitrogens with zero attached hydrogens (tertiary/aromatic N) is 4. The first-order valence-electron chi connectivity index (χ1n) is 16.1. The number of allylic oxidation sites excluding steroid dienone is 2. The quantitative estimate of drug-likeness (QED) is 0.191. The van der Waals surface area contributed by atoms with Gasteiger partial charge in [0.1, 0.15) is 0 Å². The second-order valence-corrected chi connectivity index (χ2v) is 13.8. The Balaban J connectivity index is 1.18. The Kier molecular flexibility index (Phi) is 6.51. The minimum absolute atomic E-state index is 0.0756. The summed E-state index contributed by atoms with van der Waals surface area (Å²) in [4.78, 5) is 18.6. The molecule has 0 N–H and O–H groups in total. The van der Waals surface area contributed by atoms with Crippen LogP contribution >= 0.6 is 11.8 Å². The Bertz CT molecular complexity index is 2180. The molecule has 0 fully saturated rings. The van der Waals surface area contributed by atoms with Gasteiger partial charge in [0, 0.05) is 32.7 Å². The number of anilines is 2. The Morgan fingerprint density at radius 1 is 0.638 bits per heavy atom.